The zero-order chi connectivity index (χ0) is 13.1. The van der Waals surface area contributed by atoms with Crippen LogP contribution in [0.25, 0.3) is 10.7 Å². The molecule has 2 heterocycles. The molecule has 0 aliphatic rings. The van der Waals surface area contributed by atoms with Gasteiger partial charge >= 0.3 is 0 Å². The van der Waals surface area contributed by atoms with Gasteiger partial charge in [-0.3, -0.25) is 0 Å². The largest absolute Gasteiger partial charge is 0.370 e. The number of anilines is 1. The Morgan fingerprint density at radius 1 is 1.28 bits per heavy atom. The molecule has 0 fully saturated rings. The molecule has 0 unspecified atom stereocenters. The van der Waals surface area contributed by atoms with Crippen molar-refractivity contribution in [3.05, 3.63) is 28.8 Å². The van der Waals surface area contributed by atoms with Gasteiger partial charge in [0, 0.05) is 23.2 Å². The number of nitrogens with zero attached hydrogens (tertiary/aromatic N) is 2. The second-order valence-electron chi connectivity index (χ2n) is 4.60. The summed E-state index contributed by atoms with van der Waals surface area (Å²) in [6.07, 6.45) is 0. The maximum atomic E-state index is 4.66. The first-order valence-electron chi connectivity index (χ1n) is 6.29. The number of aromatic nitrogens is 2. The van der Waals surface area contributed by atoms with Crippen LogP contribution in [0.5, 0.6) is 0 Å². The van der Waals surface area contributed by atoms with Crippen molar-refractivity contribution in [1.29, 1.82) is 0 Å². The Morgan fingerprint density at radius 3 is 2.61 bits per heavy atom. The van der Waals surface area contributed by atoms with Crippen molar-refractivity contribution >= 4 is 17.2 Å². The smallest absolute Gasteiger partial charge is 0.171 e. The lowest BCUT2D eigenvalue weighted by atomic mass is 10.1. The molecule has 2 aromatic heterocycles. The molecule has 0 aromatic carbocycles. The van der Waals surface area contributed by atoms with Crippen molar-refractivity contribution in [3.8, 4) is 10.7 Å². The summed E-state index contributed by atoms with van der Waals surface area (Å²) in [5, 5.41) is 3.27. The molecule has 2 rings (SSSR count). The minimum absolute atomic E-state index is 0.408. The number of hydrogen-bond donors (Lipinski definition) is 1. The summed E-state index contributed by atoms with van der Waals surface area (Å²) in [6.45, 7) is 9.36. The van der Waals surface area contributed by atoms with E-state index < -0.39 is 0 Å². The highest BCUT2D eigenvalue weighted by Crippen LogP contribution is 2.27. The van der Waals surface area contributed by atoms with Crippen LogP contribution >= 0.6 is 11.3 Å². The number of thiophene rings is 1. The molecule has 2 aromatic rings. The molecule has 0 radical (unpaired) electrons. The summed E-state index contributed by atoms with van der Waals surface area (Å²) >= 11 is 1.74. The van der Waals surface area contributed by atoms with Crippen molar-refractivity contribution in [2.24, 2.45) is 0 Å². The third-order valence-electron chi connectivity index (χ3n) is 2.66. The molecule has 0 saturated heterocycles. The van der Waals surface area contributed by atoms with Crippen LogP contribution in [0.1, 0.15) is 37.3 Å². The lowest BCUT2D eigenvalue weighted by molar-refractivity contribution is 0.817. The number of nitrogens with one attached hydrogen (secondary N) is 1. The highest BCUT2D eigenvalue weighted by molar-refractivity contribution is 7.15. The van der Waals surface area contributed by atoms with E-state index in [1.807, 2.05) is 6.07 Å². The molecule has 0 spiro atoms. The van der Waals surface area contributed by atoms with Crippen molar-refractivity contribution in [3.63, 3.8) is 0 Å². The molecule has 0 aliphatic heterocycles. The molecule has 3 nitrogen and oxygen atoms in total. The van der Waals surface area contributed by atoms with Gasteiger partial charge in [0.05, 0.1) is 4.88 Å². The molecule has 0 bridgehead atoms. The van der Waals surface area contributed by atoms with Crippen molar-refractivity contribution in [1.82, 2.24) is 9.97 Å². The van der Waals surface area contributed by atoms with Crippen LogP contribution in [0.15, 0.2) is 18.2 Å². The summed E-state index contributed by atoms with van der Waals surface area (Å²) in [4.78, 5) is 11.7. The van der Waals surface area contributed by atoms with E-state index in [-0.39, 0.29) is 0 Å². The molecule has 0 aliphatic carbocycles. The van der Waals surface area contributed by atoms with Gasteiger partial charge in [-0.1, -0.05) is 13.8 Å². The van der Waals surface area contributed by atoms with Crippen LogP contribution in [0.3, 0.4) is 0 Å². The zero-order valence-electron chi connectivity index (χ0n) is 11.3. The van der Waals surface area contributed by atoms with Crippen molar-refractivity contribution in [2.45, 2.75) is 33.6 Å². The molecule has 1 N–H and O–H groups in total. The molecule has 0 amide bonds. The Kier molecular flexibility index (Phi) is 3.97. The zero-order valence-corrected chi connectivity index (χ0v) is 12.1. The Morgan fingerprint density at radius 2 is 2.06 bits per heavy atom. The predicted octanol–water partition coefficient (Wildman–Crippen LogP) is 4.07. The summed E-state index contributed by atoms with van der Waals surface area (Å²) < 4.78 is 0. The summed E-state index contributed by atoms with van der Waals surface area (Å²) in [5.74, 6) is 2.15. The second kappa shape index (κ2) is 5.48. The van der Waals surface area contributed by atoms with Gasteiger partial charge in [-0.25, -0.2) is 9.97 Å². The lowest BCUT2D eigenvalue weighted by Crippen LogP contribution is -2.04. The van der Waals surface area contributed by atoms with Crippen LogP contribution in [0, 0.1) is 6.92 Å². The Balaban J connectivity index is 2.45. The SMILES string of the molecule is CCNc1cc(C(C)C)nc(-c2ccc(C)s2)n1. The minimum atomic E-state index is 0.408. The molecule has 18 heavy (non-hydrogen) atoms. The Bertz CT molecular complexity index is 532. The van der Waals surface area contributed by atoms with Crippen LogP contribution in [0.4, 0.5) is 5.82 Å². The van der Waals surface area contributed by atoms with E-state index in [2.05, 4.69) is 55.1 Å². The van der Waals surface area contributed by atoms with E-state index >= 15 is 0 Å². The molecule has 96 valence electrons. The van der Waals surface area contributed by atoms with Crippen LogP contribution in [-0.2, 0) is 0 Å². The molecular weight excluding hydrogens is 242 g/mol. The number of rotatable bonds is 4. The molecular formula is C14H19N3S. The minimum Gasteiger partial charge on any atom is -0.370 e. The Labute approximate surface area is 112 Å². The summed E-state index contributed by atoms with van der Waals surface area (Å²) in [7, 11) is 0. The monoisotopic (exact) mass is 261 g/mol. The van der Waals surface area contributed by atoms with Gasteiger partial charge in [-0.05, 0) is 31.9 Å². The van der Waals surface area contributed by atoms with E-state index in [1.54, 1.807) is 11.3 Å². The number of aryl methyl sites for hydroxylation is 1. The van der Waals surface area contributed by atoms with Crippen LogP contribution in [-0.4, -0.2) is 16.5 Å². The van der Waals surface area contributed by atoms with Gasteiger partial charge < -0.3 is 5.32 Å². The van der Waals surface area contributed by atoms with Gasteiger partial charge in [0.1, 0.15) is 5.82 Å². The van der Waals surface area contributed by atoms with E-state index in [4.69, 9.17) is 0 Å². The van der Waals surface area contributed by atoms with Crippen molar-refractivity contribution < 1.29 is 0 Å². The second-order valence-corrected chi connectivity index (χ2v) is 5.88. The first-order chi connectivity index (χ1) is 8.60. The van der Waals surface area contributed by atoms with Crippen molar-refractivity contribution in [2.75, 3.05) is 11.9 Å². The fourth-order valence-electron chi connectivity index (χ4n) is 1.70. The number of hydrogen-bond acceptors (Lipinski definition) is 4. The van der Waals surface area contributed by atoms with Gasteiger partial charge in [0.25, 0.3) is 0 Å². The van der Waals surface area contributed by atoms with Gasteiger partial charge in [-0.2, -0.15) is 0 Å². The Hall–Kier alpha value is -1.42. The lowest BCUT2D eigenvalue weighted by Gasteiger charge is -2.10. The van der Waals surface area contributed by atoms with E-state index in [0.717, 1.165) is 28.8 Å². The maximum absolute atomic E-state index is 4.66. The molecule has 4 heteroatoms. The fraction of sp³-hybridized carbons (Fsp3) is 0.429. The predicted molar refractivity (Wildman–Crippen MR) is 78.3 cm³/mol. The van der Waals surface area contributed by atoms with Crippen LogP contribution in [0.2, 0.25) is 0 Å². The van der Waals surface area contributed by atoms with E-state index in [0.29, 0.717) is 5.92 Å². The van der Waals surface area contributed by atoms with E-state index in [1.165, 1.54) is 4.88 Å². The normalized spacial score (nSPS) is 10.9. The topological polar surface area (TPSA) is 37.8 Å². The van der Waals surface area contributed by atoms with Gasteiger partial charge in [0.15, 0.2) is 5.82 Å². The first-order valence-corrected chi connectivity index (χ1v) is 7.11. The van der Waals surface area contributed by atoms with E-state index in [9.17, 15) is 0 Å². The molecule has 0 atom stereocenters. The average Bonchev–Trinajstić information content (AvgIpc) is 2.76. The standard InChI is InChI=1S/C14H19N3S/c1-5-15-13-8-11(9(2)3)16-14(17-13)12-7-6-10(4)18-12/h6-9H,5H2,1-4H3,(H,15,16,17). The summed E-state index contributed by atoms with van der Waals surface area (Å²) in [6, 6.07) is 6.24. The average molecular weight is 261 g/mol. The highest BCUT2D eigenvalue weighted by Gasteiger charge is 2.10. The van der Waals surface area contributed by atoms with Gasteiger partial charge in [-0.15, -0.1) is 11.3 Å². The quantitative estimate of drug-likeness (QED) is 0.901. The third kappa shape index (κ3) is 2.88. The third-order valence-corrected chi connectivity index (χ3v) is 3.65. The highest BCUT2D eigenvalue weighted by atomic mass is 32.1. The van der Waals surface area contributed by atoms with Crippen LogP contribution < -0.4 is 5.32 Å². The molecule has 0 saturated carbocycles. The first kappa shape index (κ1) is 13.0. The maximum Gasteiger partial charge on any atom is 0.171 e. The van der Waals surface area contributed by atoms with Gasteiger partial charge in [0.2, 0.25) is 0 Å². The fourth-order valence-corrected chi connectivity index (χ4v) is 2.50. The summed E-state index contributed by atoms with van der Waals surface area (Å²) in [5.41, 5.74) is 1.09.